The highest BCUT2D eigenvalue weighted by Crippen LogP contribution is 2.26. The number of benzene rings is 1. The van der Waals surface area contributed by atoms with Crippen LogP contribution in [-0.4, -0.2) is 11.6 Å². The SMILES string of the molecule is CCCOc1cncc(C(N)c2ccc(Cl)cc2C)c1. The van der Waals surface area contributed by atoms with Gasteiger partial charge in [0.05, 0.1) is 18.8 Å². The summed E-state index contributed by atoms with van der Waals surface area (Å²) < 4.78 is 5.59. The highest BCUT2D eigenvalue weighted by atomic mass is 35.5. The smallest absolute Gasteiger partial charge is 0.137 e. The van der Waals surface area contributed by atoms with Crippen LogP contribution < -0.4 is 10.5 Å². The zero-order chi connectivity index (χ0) is 14.5. The van der Waals surface area contributed by atoms with Crippen molar-refractivity contribution in [3.05, 3.63) is 58.4 Å². The van der Waals surface area contributed by atoms with E-state index in [1.54, 1.807) is 12.4 Å². The third kappa shape index (κ3) is 3.50. The van der Waals surface area contributed by atoms with Crippen LogP contribution in [0.3, 0.4) is 0 Å². The molecule has 1 heterocycles. The van der Waals surface area contributed by atoms with E-state index < -0.39 is 0 Å². The predicted octanol–water partition coefficient (Wildman–Crippen LogP) is 3.88. The number of halogens is 1. The largest absolute Gasteiger partial charge is 0.492 e. The fourth-order valence-electron chi connectivity index (χ4n) is 2.07. The van der Waals surface area contributed by atoms with Crippen molar-refractivity contribution in [1.82, 2.24) is 4.98 Å². The number of ether oxygens (including phenoxy) is 1. The van der Waals surface area contributed by atoms with Gasteiger partial charge in [-0.1, -0.05) is 24.6 Å². The van der Waals surface area contributed by atoms with E-state index in [1.807, 2.05) is 31.2 Å². The van der Waals surface area contributed by atoms with E-state index in [0.717, 1.165) is 33.9 Å². The van der Waals surface area contributed by atoms with Crippen molar-refractivity contribution in [3.63, 3.8) is 0 Å². The highest BCUT2D eigenvalue weighted by Gasteiger charge is 2.13. The molecule has 1 atom stereocenters. The molecule has 0 aliphatic rings. The van der Waals surface area contributed by atoms with Crippen molar-refractivity contribution < 1.29 is 4.74 Å². The molecular weight excluding hydrogens is 272 g/mol. The Balaban J connectivity index is 2.26. The van der Waals surface area contributed by atoms with E-state index in [-0.39, 0.29) is 6.04 Å². The Labute approximate surface area is 124 Å². The number of rotatable bonds is 5. The maximum Gasteiger partial charge on any atom is 0.137 e. The summed E-state index contributed by atoms with van der Waals surface area (Å²) in [5, 5.41) is 0.719. The number of aromatic nitrogens is 1. The third-order valence-corrected chi connectivity index (χ3v) is 3.37. The van der Waals surface area contributed by atoms with Gasteiger partial charge < -0.3 is 10.5 Å². The van der Waals surface area contributed by atoms with Crippen molar-refractivity contribution in [2.24, 2.45) is 5.73 Å². The lowest BCUT2D eigenvalue weighted by molar-refractivity contribution is 0.315. The first-order valence-corrected chi connectivity index (χ1v) is 7.09. The van der Waals surface area contributed by atoms with Gasteiger partial charge in [-0.2, -0.15) is 0 Å². The van der Waals surface area contributed by atoms with Crippen molar-refractivity contribution in [1.29, 1.82) is 0 Å². The molecule has 0 radical (unpaired) electrons. The Kier molecular flexibility index (Phi) is 4.99. The quantitative estimate of drug-likeness (QED) is 0.909. The summed E-state index contributed by atoms with van der Waals surface area (Å²) >= 11 is 5.98. The predicted molar refractivity (Wildman–Crippen MR) is 82.2 cm³/mol. The Bertz CT molecular complexity index is 586. The summed E-state index contributed by atoms with van der Waals surface area (Å²) in [6.45, 7) is 4.76. The van der Waals surface area contributed by atoms with E-state index in [0.29, 0.717) is 6.61 Å². The van der Waals surface area contributed by atoms with Crippen LogP contribution in [0.15, 0.2) is 36.7 Å². The molecule has 1 aromatic heterocycles. The number of pyridine rings is 1. The van der Waals surface area contributed by atoms with Gasteiger partial charge in [-0.3, -0.25) is 4.98 Å². The zero-order valence-electron chi connectivity index (χ0n) is 11.8. The molecule has 0 aliphatic carbocycles. The van der Waals surface area contributed by atoms with E-state index in [1.165, 1.54) is 0 Å². The summed E-state index contributed by atoms with van der Waals surface area (Å²) in [4.78, 5) is 4.20. The molecule has 0 bridgehead atoms. The van der Waals surface area contributed by atoms with Crippen LogP contribution in [-0.2, 0) is 0 Å². The molecule has 3 nitrogen and oxygen atoms in total. The number of nitrogens with two attached hydrogens (primary N) is 1. The Morgan fingerprint density at radius 3 is 2.80 bits per heavy atom. The van der Waals surface area contributed by atoms with Gasteiger partial charge in [0.2, 0.25) is 0 Å². The van der Waals surface area contributed by atoms with Gasteiger partial charge in [-0.15, -0.1) is 0 Å². The molecule has 0 aliphatic heterocycles. The van der Waals surface area contributed by atoms with E-state index in [4.69, 9.17) is 22.1 Å². The Hall–Kier alpha value is -1.58. The first-order valence-electron chi connectivity index (χ1n) is 6.71. The molecule has 0 spiro atoms. The first kappa shape index (κ1) is 14.8. The number of hydrogen-bond donors (Lipinski definition) is 1. The van der Waals surface area contributed by atoms with Crippen molar-refractivity contribution in [3.8, 4) is 5.75 Å². The minimum Gasteiger partial charge on any atom is -0.492 e. The third-order valence-electron chi connectivity index (χ3n) is 3.13. The molecule has 0 saturated carbocycles. The molecule has 2 N–H and O–H groups in total. The van der Waals surface area contributed by atoms with Crippen molar-refractivity contribution in [2.75, 3.05) is 6.61 Å². The lowest BCUT2D eigenvalue weighted by Crippen LogP contribution is -2.13. The number of nitrogens with zero attached hydrogens (tertiary/aromatic N) is 1. The van der Waals surface area contributed by atoms with Gasteiger partial charge in [0.15, 0.2) is 0 Å². The van der Waals surface area contributed by atoms with Crippen LogP contribution in [0.25, 0.3) is 0 Å². The lowest BCUT2D eigenvalue weighted by Gasteiger charge is -2.16. The van der Waals surface area contributed by atoms with Crippen LogP contribution in [0.5, 0.6) is 5.75 Å². The molecule has 20 heavy (non-hydrogen) atoms. The van der Waals surface area contributed by atoms with E-state index in [2.05, 4.69) is 11.9 Å². The molecule has 0 amide bonds. The molecule has 1 unspecified atom stereocenters. The van der Waals surface area contributed by atoms with Crippen LogP contribution in [0, 0.1) is 6.92 Å². The van der Waals surface area contributed by atoms with Gasteiger partial charge >= 0.3 is 0 Å². The molecule has 2 rings (SSSR count). The fraction of sp³-hybridized carbons (Fsp3) is 0.312. The standard InChI is InChI=1S/C16H19ClN2O/c1-3-6-20-14-8-12(9-19-10-14)16(18)15-5-4-13(17)7-11(15)2/h4-5,7-10,16H,3,6,18H2,1-2H3. The minimum atomic E-state index is -0.232. The zero-order valence-corrected chi connectivity index (χ0v) is 12.5. The van der Waals surface area contributed by atoms with Gasteiger partial charge in [-0.25, -0.2) is 0 Å². The highest BCUT2D eigenvalue weighted by molar-refractivity contribution is 6.30. The fourth-order valence-corrected chi connectivity index (χ4v) is 2.30. The monoisotopic (exact) mass is 290 g/mol. The van der Waals surface area contributed by atoms with Crippen molar-refractivity contribution in [2.45, 2.75) is 26.3 Å². The second-order valence-electron chi connectivity index (χ2n) is 4.78. The average Bonchev–Trinajstić information content (AvgIpc) is 2.45. The van der Waals surface area contributed by atoms with Gasteiger partial charge in [0.25, 0.3) is 0 Å². The summed E-state index contributed by atoms with van der Waals surface area (Å²) in [5.74, 6) is 0.756. The molecule has 1 aromatic carbocycles. The van der Waals surface area contributed by atoms with Gasteiger partial charge in [0, 0.05) is 11.2 Å². The molecular formula is C16H19ClN2O. The van der Waals surface area contributed by atoms with E-state index >= 15 is 0 Å². The summed E-state index contributed by atoms with van der Waals surface area (Å²) in [5.41, 5.74) is 9.38. The average molecular weight is 291 g/mol. The molecule has 2 aromatic rings. The number of aryl methyl sites for hydroxylation is 1. The second kappa shape index (κ2) is 6.73. The maximum absolute atomic E-state index is 6.33. The molecule has 106 valence electrons. The van der Waals surface area contributed by atoms with Crippen LogP contribution in [0.2, 0.25) is 5.02 Å². The number of hydrogen-bond acceptors (Lipinski definition) is 3. The Morgan fingerprint density at radius 1 is 1.30 bits per heavy atom. The summed E-state index contributed by atoms with van der Waals surface area (Å²) in [6.07, 6.45) is 4.45. The Morgan fingerprint density at radius 2 is 2.10 bits per heavy atom. The summed E-state index contributed by atoms with van der Waals surface area (Å²) in [6, 6.07) is 7.45. The lowest BCUT2D eigenvalue weighted by atomic mass is 9.97. The second-order valence-corrected chi connectivity index (χ2v) is 5.22. The van der Waals surface area contributed by atoms with E-state index in [9.17, 15) is 0 Å². The normalized spacial score (nSPS) is 12.2. The first-order chi connectivity index (χ1) is 9.61. The minimum absolute atomic E-state index is 0.232. The molecule has 0 fully saturated rings. The van der Waals surface area contributed by atoms with Gasteiger partial charge in [0.1, 0.15) is 5.75 Å². The topological polar surface area (TPSA) is 48.1 Å². The van der Waals surface area contributed by atoms with Gasteiger partial charge in [-0.05, 0) is 48.2 Å². The van der Waals surface area contributed by atoms with Crippen LogP contribution in [0.1, 0.15) is 36.1 Å². The van der Waals surface area contributed by atoms with Crippen LogP contribution >= 0.6 is 11.6 Å². The summed E-state index contributed by atoms with van der Waals surface area (Å²) in [7, 11) is 0. The maximum atomic E-state index is 6.33. The molecule has 0 saturated heterocycles. The molecule has 4 heteroatoms. The van der Waals surface area contributed by atoms with Crippen molar-refractivity contribution >= 4 is 11.6 Å². The van der Waals surface area contributed by atoms with Crippen LogP contribution in [0.4, 0.5) is 0 Å².